The van der Waals surface area contributed by atoms with Crippen molar-refractivity contribution in [2.75, 3.05) is 26.3 Å². The number of esters is 2. The average Bonchev–Trinajstić information content (AvgIpc) is 2.66. The second-order valence-corrected chi connectivity index (χ2v) is 5.82. The number of ether oxygens (including phenoxy) is 2. The zero-order valence-corrected chi connectivity index (χ0v) is 15.6. The van der Waals surface area contributed by atoms with Crippen LogP contribution in [0, 0.1) is 34.5 Å². The number of carbonyl (C=O) groups excluding carboxylic acids is 2. The van der Waals surface area contributed by atoms with Crippen LogP contribution >= 0.6 is 0 Å². The molecule has 0 amide bonds. The van der Waals surface area contributed by atoms with Gasteiger partial charge in [0.2, 0.25) is 0 Å². The molecule has 2 atom stereocenters. The summed E-state index contributed by atoms with van der Waals surface area (Å²) in [5.41, 5.74) is 0. The highest BCUT2D eigenvalue weighted by Crippen LogP contribution is 2.10. The lowest BCUT2D eigenvalue weighted by Crippen LogP contribution is -2.10. The molecule has 0 N–H and O–H groups in total. The molecule has 0 saturated heterocycles. The van der Waals surface area contributed by atoms with E-state index in [4.69, 9.17) is 20.0 Å². The van der Waals surface area contributed by atoms with E-state index in [1.54, 1.807) is 0 Å². The number of hydrogen-bond donors (Lipinski definition) is 0. The molecule has 26 heavy (non-hydrogen) atoms. The number of carbonyl (C=O) groups is 2. The van der Waals surface area contributed by atoms with Crippen molar-refractivity contribution in [3.8, 4) is 12.1 Å². The maximum atomic E-state index is 11.4. The molecule has 0 heterocycles. The monoisotopic (exact) mass is 364 g/mol. The summed E-state index contributed by atoms with van der Waals surface area (Å²) in [6.45, 7) is 4.94. The molecule has 0 bridgehead atoms. The molecule has 2 unspecified atom stereocenters. The Kier molecular flexibility index (Phi) is 14.5. The van der Waals surface area contributed by atoms with Gasteiger partial charge in [0.15, 0.2) is 0 Å². The van der Waals surface area contributed by atoms with E-state index in [-0.39, 0.29) is 37.9 Å². The van der Waals surface area contributed by atoms with Crippen LogP contribution in [0.1, 0.15) is 52.4 Å². The summed E-state index contributed by atoms with van der Waals surface area (Å²) in [4.78, 5) is 22.8. The Labute approximate surface area is 155 Å². The van der Waals surface area contributed by atoms with Crippen LogP contribution in [-0.2, 0) is 19.1 Å². The molecule has 8 nitrogen and oxygen atoms in total. The van der Waals surface area contributed by atoms with Crippen molar-refractivity contribution in [2.24, 2.45) is 22.1 Å². The van der Waals surface area contributed by atoms with Crippen LogP contribution in [0.25, 0.3) is 0 Å². The minimum absolute atomic E-state index is 0.175. The highest BCUT2D eigenvalue weighted by molar-refractivity contribution is 5.69. The van der Waals surface area contributed by atoms with Crippen LogP contribution in [0.15, 0.2) is 10.2 Å². The van der Waals surface area contributed by atoms with Gasteiger partial charge in [0.05, 0.1) is 50.3 Å². The maximum Gasteiger partial charge on any atom is 0.305 e. The first-order chi connectivity index (χ1) is 12.6. The Hall–Kier alpha value is -2.48. The van der Waals surface area contributed by atoms with Crippen molar-refractivity contribution in [3.63, 3.8) is 0 Å². The van der Waals surface area contributed by atoms with Crippen molar-refractivity contribution in [3.05, 3.63) is 0 Å². The van der Waals surface area contributed by atoms with Gasteiger partial charge in [-0.3, -0.25) is 9.59 Å². The van der Waals surface area contributed by atoms with Crippen LogP contribution in [0.4, 0.5) is 0 Å². The summed E-state index contributed by atoms with van der Waals surface area (Å²) in [6, 6.07) is 4.18. The second-order valence-electron chi connectivity index (χ2n) is 5.82. The normalized spacial score (nSPS) is 12.8. The molecular weight excluding hydrogens is 336 g/mol. The quantitative estimate of drug-likeness (QED) is 0.344. The maximum absolute atomic E-state index is 11.4. The Bertz CT molecular complexity index is 476. The molecule has 8 heteroatoms. The molecule has 144 valence electrons. The predicted molar refractivity (Wildman–Crippen MR) is 93.8 cm³/mol. The average molecular weight is 364 g/mol. The lowest BCUT2D eigenvalue weighted by molar-refractivity contribution is -0.144. The fourth-order valence-corrected chi connectivity index (χ4v) is 1.87. The number of azo groups is 1. The second kappa shape index (κ2) is 16.0. The Morgan fingerprint density at radius 1 is 0.846 bits per heavy atom. The first-order valence-corrected chi connectivity index (χ1v) is 9.01. The zero-order valence-electron chi connectivity index (χ0n) is 15.6. The molecule has 0 aliphatic heterocycles. The van der Waals surface area contributed by atoms with Gasteiger partial charge in [-0.05, 0) is 25.7 Å². The van der Waals surface area contributed by atoms with Crippen molar-refractivity contribution in [1.82, 2.24) is 0 Å². The zero-order chi connectivity index (χ0) is 19.6. The topological polar surface area (TPSA) is 125 Å². The fraction of sp³-hybridized carbons (Fsp3) is 0.778. The lowest BCUT2D eigenvalue weighted by Gasteiger charge is -2.07. The van der Waals surface area contributed by atoms with E-state index in [1.165, 1.54) is 0 Å². The Morgan fingerprint density at radius 3 is 1.54 bits per heavy atom. The van der Waals surface area contributed by atoms with Gasteiger partial charge in [-0.15, -0.1) is 0 Å². The lowest BCUT2D eigenvalue weighted by atomic mass is 10.1. The van der Waals surface area contributed by atoms with Crippen molar-refractivity contribution in [2.45, 2.75) is 52.4 Å². The largest absolute Gasteiger partial charge is 0.466 e. The molecule has 0 rings (SSSR count). The van der Waals surface area contributed by atoms with Crippen LogP contribution in [0.3, 0.4) is 0 Å². The summed E-state index contributed by atoms with van der Waals surface area (Å²) in [5, 5.41) is 26.0. The van der Waals surface area contributed by atoms with E-state index in [9.17, 15) is 9.59 Å². The molecule has 0 aliphatic carbocycles. The van der Waals surface area contributed by atoms with E-state index in [0.717, 1.165) is 12.8 Å². The summed E-state index contributed by atoms with van der Waals surface area (Å²) in [5.74, 6) is -1.47. The molecule has 0 aliphatic rings. The molecule has 0 aromatic heterocycles. The van der Waals surface area contributed by atoms with Crippen molar-refractivity contribution < 1.29 is 19.1 Å². The number of nitrogens with zero attached hydrogens (tertiary/aromatic N) is 4. The van der Waals surface area contributed by atoms with Gasteiger partial charge in [0.25, 0.3) is 0 Å². The third-order valence-electron chi connectivity index (χ3n) is 3.40. The molecule has 0 aromatic rings. The molecule has 0 radical (unpaired) electrons. The molecular formula is C18H28N4O4. The number of nitriles is 2. The summed E-state index contributed by atoms with van der Waals surface area (Å²) >= 11 is 0. The summed E-state index contributed by atoms with van der Waals surface area (Å²) < 4.78 is 9.90. The minimum atomic E-state index is -0.419. The van der Waals surface area contributed by atoms with Gasteiger partial charge in [0.1, 0.15) is 0 Å². The van der Waals surface area contributed by atoms with Crippen LogP contribution in [0.5, 0.6) is 0 Å². The van der Waals surface area contributed by atoms with Gasteiger partial charge in [0, 0.05) is 12.8 Å². The number of hydrogen-bond acceptors (Lipinski definition) is 8. The highest BCUT2D eigenvalue weighted by atomic mass is 16.5. The third-order valence-corrected chi connectivity index (χ3v) is 3.40. The predicted octanol–water partition coefficient (Wildman–Crippen LogP) is 3.18. The first-order valence-electron chi connectivity index (χ1n) is 9.01. The standard InChI is InChI=1S/C18H28N4O4/c1-3-9-25-17(23)7-5-15(11-19)13-21-22-14-16(12-20)6-8-18(24)26-10-4-2/h15-16H,3-10,13-14H2,1-2H3. The third kappa shape index (κ3) is 12.9. The smallest absolute Gasteiger partial charge is 0.305 e. The van der Waals surface area contributed by atoms with E-state index < -0.39 is 11.8 Å². The molecule has 0 aromatic carbocycles. The molecule has 0 fully saturated rings. The number of rotatable bonds is 14. The van der Waals surface area contributed by atoms with Gasteiger partial charge in [-0.2, -0.15) is 20.8 Å². The van der Waals surface area contributed by atoms with Crippen LogP contribution < -0.4 is 0 Å². The van der Waals surface area contributed by atoms with E-state index >= 15 is 0 Å². The Balaban J connectivity index is 4.08. The van der Waals surface area contributed by atoms with Crippen LogP contribution in [-0.4, -0.2) is 38.2 Å². The minimum Gasteiger partial charge on any atom is -0.466 e. The first kappa shape index (κ1) is 23.5. The van der Waals surface area contributed by atoms with E-state index in [2.05, 4.69) is 22.4 Å². The van der Waals surface area contributed by atoms with E-state index in [0.29, 0.717) is 26.1 Å². The summed E-state index contributed by atoms with van der Waals surface area (Å²) in [7, 11) is 0. The molecule has 0 saturated carbocycles. The highest BCUT2D eigenvalue weighted by Gasteiger charge is 2.13. The van der Waals surface area contributed by atoms with Gasteiger partial charge < -0.3 is 9.47 Å². The summed E-state index contributed by atoms with van der Waals surface area (Å²) in [6.07, 6.45) is 2.60. The molecule has 0 spiro atoms. The fourth-order valence-electron chi connectivity index (χ4n) is 1.87. The SMILES string of the molecule is CCCOC(=O)CCC(C#N)CN=NCC(C#N)CCC(=O)OCCC. The van der Waals surface area contributed by atoms with Crippen molar-refractivity contribution >= 4 is 11.9 Å². The van der Waals surface area contributed by atoms with Gasteiger partial charge >= 0.3 is 11.9 Å². The van der Waals surface area contributed by atoms with Gasteiger partial charge in [-0.1, -0.05) is 13.8 Å². The van der Waals surface area contributed by atoms with Crippen LogP contribution in [0.2, 0.25) is 0 Å². The van der Waals surface area contributed by atoms with E-state index in [1.807, 2.05) is 13.8 Å². The van der Waals surface area contributed by atoms with Gasteiger partial charge in [-0.25, -0.2) is 0 Å². The Morgan fingerprint density at radius 2 is 1.23 bits per heavy atom. The van der Waals surface area contributed by atoms with Crippen molar-refractivity contribution in [1.29, 1.82) is 10.5 Å².